The lowest BCUT2D eigenvalue weighted by molar-refractivity contribution is -0.137. The Kier molecular flexibility index (Phi) is 9.31. The molecule has 0 bridgehead atoms. The molecule has 0 aromatic carbocycles. The van der Waals surface area contributed by atoms with E-state index in [1.54, 1.807) is 19.9 Å². The van der Waals surface area contributed by atoms with Crippen molar-refractivity contribution in [2.45, 2.75) is 13.8 Å². The van der Waals surface area contributed by atoms with Crippen molar-refractivity contribution in [1.82, 2.24) is 0 Å². The second kappa shape index (κ2) is 9.02. The Labute approximate surface area is 83.7 Å². The summed E-state index contributed by atoms with van der Waals surface area (Å²) in [7, 11) is 0. The fourth-order valence-corrected chi connectivity index (χ4v) is 0.264. The third kappa shape index (κ3) is 9.93. The highest BCUT2D eigenvalue weighted by Gasteiger charge is 2.03. The zero-order valence-electron chi connectivity index (χ0n) is 8.33. The van der Waals surface area contributed by atoms with Crippen LogP contribution in [-0.2, 0) is 9.53 Å². The lowest BCUT2D eigenvalue weighted by atomic mass is 10.3. The molecule has 0 radical (unpaired) electrons. The van der Waals surface area contributed by atoms with Crippen LogP contribution in [0.15, 0.2) is 24.3 Å². The fourth-order valence-electron chi connectivity index (χ4n) is 0.264. The molecule has 0 aliphatic rings. The van der Waals surface area contributed by atoms with E-state index in [9.17, 15) is 4.79 Å². The van der Waals surface area contributed by atoms with Crippen molar-refractivity contribution in [1.29, 1.82) is 10.5 Å². The number of allylic oxidation sites excluding steroid dienone is 1. The van der Waals surface area contributed by atoms with Crippen LogP contribution in [0.1, 0.15) is 13.8 Å². The summed E-state index contributed by atoms with van der Waals surface area (Å²) in [6.07, 6.45) is 0. The normalized spacial score (nSPS) is 6.86. The SMILES string of the molecule is C=C(C#N)C(=O)OCC.C=C(C)C#N. The quantitative estimate of drug-likeness (QED) is 0.379. The molecule has 0 aliphatic carbocycles. The van der Waals surface area contributed by atoms with Gasteiger partial charge in [0.1, 0.15) is 11.6 Å². The third-order valence-electron chi connectivity index (χ3n) is 0.848. The minimum absolute atomic E-state index is 0.156. The van der Waals surface area contributed by atoms with Crippen molar-refractivity contribution >= 4 is 5.97 Å². The fraction of sp³-hybridized carbons (Fsp3) is 0.300. The van der Waals surface area contributed by atoms with Crippen LogP contribution in [0.5, 0.6) is 0 Å². The van der Waals surface area contributed by atoms with Gasteiger partial charge in [-0.2, -0.15) is 10.5 Å². The summed E-state index contributed by atoms with van der Waals surface area (Å²) in [5, 5.41) is 15.9. The Balaban J connectivity index is 0. The van der Waals surface area contributed by atoms with Crippen LogP contribution in [0, 0.1) is 22.7 Å². The first kappa shape index (κ1) is 14.5. The molecule has 0 aliphatic heterocycles. The molecule has 0 atom stereocenters. The van der Waals surface area contributed by atoms with E-state index in [-0.39, 0.29) is 12.2 Å². The number of hydrogen-bond acceptors (Lipinski definition) is 4. The number of rotatable bonds is 2. The summed E-state index contributed by atoms with van der Waals surface area (Å²) in [6, 6.07) is 3.41. The topological polar surface area (TPSA) is 73.9 Å². The van der Waals surface area contributed by atoms with Gasteiger partial charge in [-0.25, -0.2) is 4.79 Å². The molecule has 14 heavy (non-hydrogen) atoms. The third-order valence-corrected chi connectivity index (χ3v) is 0.848. The summed E-state index contributed by atoms with van der Waals surface area (Å²) >= 11 is 0. The second-order valence-corrected chi connectivity index (χ2v) is 2.20. The van der Waals surface area contributed by atoms with E-state index in [1.165, 1.54) is 0 Å². The van der Waals surface area contributed by atoms with Crippen LogP contribution in [0.4, 0.5) is 0 Å². The van der Waals surface area contributed by atoms with Crippen LogP contribution >= 0.6 is 0 Å². The lowest BCUT2D eigenvalue weighted by Crippen LogP contribution is -2.04. The Hall–Kier alpha value is -2.07. The minimum Gasteiger partial charge on any atom is -0.462 e. The predicted octanol–water partition coefficient (Wildman–Crippen LogP) is 1.72. The van der Waals surface area contributed by atoms with E-state index in [0.717, 1.165) is 0 Å². The van der Waals surface area contributed by atoms with Gasteiger partial charge in [-0.15, -0.1) is 0 Å². The van der Waals surface area contributed by atoms with Gasteiger partial charge in [0, 0.05) is 5.57 Å². The molecule has 0 rings (SSSR count). The summed E-state index contributed by atoms with van der Waals surface area (Å²) in [4.78, 5) is 10.4. The molecular weight excluding hydrogens is 180 g/mol. The van der Waals surface area contributed by atoms with Gasteiger partial charge in [-0.3, -0.25) is 0 Å². The number of nitriles is 2. The van der Waals surface area contributed by atoms with Crippen molar-refractivity contribution in [3.63, 3.8) is 0 Å². The Morgan fingerprint density at radius 3 is 2.00 bits per heavy atom. The Morgan fingerprint density at radius 1 is 1.36 bits per heavy atom. The number of carbonyl (C=O) groups is 1. The van der Waals surface area contributed by atoms with Crippen LogP contribution in [-0.4, -0.2) is 12.6 Å². The first-order valence-electron chi connectivity index (χ1n) is 3.81. The van der Waals surface area contributed by atoms with Crippen molar-refractivity contribution < 1.29 is 9.53 Å². The Bertz CT molecular complexity index is 305. The summed E-state index contributed by atoms with van der Waals surface area (Å²) < 4.78 is 4.43. The maximum atomic E-state index is 10.4. The molecule has 0 amide bonds. The molecule has 0 unspecified atom stereocenters. The number of hydrogen-bond donors (Lipinski definition) is 0. The van der Waals surface area contributed by atoms with Gasteiger partial charge in [0.05, 0.1) is 12.7 Å². The molecule has 4 heteroatoms. The molecule has 74 valence electrons. The van der Waals surface area contributed by atoms with Crippen molar-refractivity contribution in [2.75, 3.05) is 6.61 Å². The summed E-state index contributed by atoms with van der Waals surface area (Å²) in [5.41, 5.74) is 0.404. The molecular formula is C10H12N2O2. The maximum absolute atomic E-state index is 10.4. The van der Waals surface area contributed by atoms with Gasteiger partial charge in [-0.1, -0.05) is 13.2 Å². The molecule has 0 heterocycles. The first-order chi connectivity index (χ1) is 6.49. The van der Waals surface area contributed by atoms with Gasteiger partial charge in [0.2, 0.25) is 0 Å². The van der Waals surface area contributed by atoms with Crippen molar-refractivity contribution in [2.24, 2.45) is 0 Å². The number of ether oxygens (including phenoxy) is 1. The van der Waals surface area contributed by atoms with Crippen LogP contribution < -0.4 is 0 Å². The molecule has 0 N–H and O–H groups in total. The minimum atomic E-state index is -0.639. The number of nitrogens with zero attached hydrogens (tertiary/aromatic N) is 2. The highest BCUT2D eigenvalue weighted by molar-refractivity contribution is 5.91. The van der Waals surface area contributed by atoms with Crippen LogP contribution in [0.2, 0.25) is 0 Å². The molecule has 0 fully saturated rings. The van der Waals surface area contributed by atoms with E-state index in [4.69, 9.17) is 10.5 Å². The van der Waals surface area contributed by atoms with Crippen molar-refractivity contribution in [3.8, 4) is 12.1 Å². The molecule has 4 nitrogen and oxygen atoms in total. The van der Waals surface area contributed by atoms with Gasteiger partial charge >= 0.3 is 5.97 Å². The average Bonchev–Trinajstić information content (AvgIpc) is 2.17. The summed E-state index contributed by atoms with van der Waals surface area (Å²) in [5.74, 6) is -0.639. The van der Waals surface area contributed by atoms with E-state index in [0.29, 0.717) is 5.57 Å². The zero-order chi connectivity index (χ0) is 11.6. The van der Waals surface area contributed by atoms with E-state index in [2.05, 4.69) is 17.9 Å². The molecule has 0 saturated carbocycles. The van der Waals surface area contributed by atoms with Gasteiger partial charge in [0.25, 0.3) is 0 Å². The lowest BCUT2D eigenvalue weighted by Gasteiger charge is -1.95. The van der Waals surface area contributed by atoms with Crippen molar-refractivity contribution in [3.05, 3.63) is 24.3 Å². The second-order valence-electron chi connectivity index (χ2n) is 2.20. The smallest absolute Gasteiger partial charge is 0.348 e. The van der Waals surface area contributed by atoms with Gasteiger partial charge in [0.15, 0.2) is 0 Å². The first-order valence-corrected chi connectivity index (χ1v) is 3.81. The molecule has 0 saturated heterocycles. The number of esters is 1. The van der Waals surface area contributed by atoms with Gasteiger partial charge < -0.3 is 4.74 Å². The predicted molar refractivity (Wildman–Crippen MR) is 51.8 cm³/mol. The van der Waals surface area contributed by atoms with Gasteiger partial charge in [-0.05, 0) is 13.8 Å². The maximum Gasteiger partial charge on any atom is 0.348 e. The molecule has 0 aromatic rings. The van der Waals surface area contributed by atoms with E-state index < -0.39 is 5.97 Å². The highest BCUT2D eigenvalue weighted by Crippen LogP contribution is 1.90. The zero-order valence-corrected chi connectivity index (χ0v) is 8.33. The monoisotopic (exact) mass is 192 g/mol. The van der Waals surface area contributed by atoms with Crippen LogP contribution in [0.25, 0.3) is 0 Å². The average molecular weight is 192 g/mol. The van der Waals surface area contributed by atoms with Crippen LogP contribution in [0.3, 0.4) is 0 Å². The largest absolute Gasteiger partial charge is 0.462 e. The number of carbonyl (C=O) groups excluding carboxylic acids is 1. The summed E-state index contributed by atoms with van der Waals surface area (Å²) in [6.45, 7) is 10.1. The molecule has 0 aromatic heterocycles. The highest BCUT2D eigenvalue weighted by atomic mass is 16.5. The van der Waals surface area contributed by atoms with E-state index in [1.807, 2.05) is 6.07 Å². The van der Waals surface area contributed by atoms with E-state index >= 15 is 0 Å². The standard InChI is InChI=1S/C6H7NO2.C4H5N/c1-3-9-6(8)5(2)4-7;1-4(2)3-5/h2-3H2,1H3;1H2,2H3. The molecule has 0 spiro atoms. The Morgan fingerprint density at radius 2 is 1.79 bits per heavy atom.